The molecule has 1 aromatic carbocycles. The average molecular weight is 485 g/mol. The van der Waals surface area contributed by atoms with Gasteiger partial charge in [-0.2, -0.15) is 5.10 Å². The summed E-state index contributed by atoms with van der Waals surface area (Å²) in [7, 11) is 0. The molecule has 2 aliphatic rings. The van der Waals surface area contributed by atoms with Crippen LogP contribution in [0.5, 0.6) is 0 Å². The first kappa shape index (κ1) is 25.3. The summed E-state index contributed by atoms with van der Waals surface area (Å²) in [6.07, 6.45) is 11.0. The van der Waals surface area contributed by atoms with Crippen LogP contribution in [0.2, 0.25) is 0 Å². The Balaban J connectivity index is 1.49. The van der Waals surface area contributed by atoms with Gasteiger partial charge in [-0.25, -0.2) is 9.37 Å². The number of likely N-dealkylation sites (tertiary alicyclic amines) is 1. The van der Waals surface area contributed by atoms with Crippen LogP contribution < -0.4 is 11.1 Å². The number of nitrogens with zero attached hydrogens (tertiary/aromatic N) is 4. The maximum absolute atomic E-state index is 13.6. The van der Waals surface area contributed by atoms with Gasteiger partial charge < -0.3 is 16.0 Å². The van der Waals surface area contributed by atoms with Crippen LogP contribution in [0, 0.1) is 23.1 Å². The zero-order valence-corrected chi connectivity index (χ0v) is 20.5. The highest BCUT2D eigenvalue weighted by molar-refractivity contribution is 6.00. The van der Waals surface area contributed by atoms with Crippen LogP contribution in [0.15, 0.2) is 36.9 Å². The highest BCUT2D eigenvalue weighted by atomic mass is 19.1. The summed E-state index contributed by atoms with van der Waals surface area (Å²) in [6, 6.07) is 5.95. The van der Waals surface area contributed by atoms with Crippen LogP contribution >= 0.6 is 0 Å². The minimum atomic E-state index is -0.899. The highest BCUT2D eigenvalue weighted by Crippen LogP contribution is 2.47. The quantitative estimate of drug-likeness (QED) is 0.443. The first-order valence-electron chi connectivity index (χ1n) is 12.8. The van der Waals surface area contributed by atoms with Crippen molar-refractivity contribution in [3.63, 3.8) is 0 Å². The second-order valence-electron chi connectivity index (χ2n) is 10.3. The summed E-state index contributed by atoms with van der Waals surface area (Å²) in [4.78, 5) is 32.5. The van der Waals surface area contributed by atoms with Crippen molar-refractivity contribution in [2.45, 2.75) is 71.0 Å². The van der Waals surface area contributed by atoms with Crippen LogP contribution in [0.1, 0.15) is 57.4 Å². The molecular weight excluding hydrogens is 447 g/mol. The van der Waals surface area contributed by atoms with Crippen molar-refractivity contribution in [2.75, 3.05) is 13.1 Å². The standard InChI is InChI=1S/C26H37FN6O2/c1-19(28)31-24(34)23(15-20-7-9-22(27)10-8-20)25(35)32-13-11-26(12-14-32,16-33-18-29-17-30-33)21-5-3-2-4-6-21/h7-10,17-19,21,23H,2-6,11-16,28H2,1H3,(H,31,34). The molecule has 0 spiro atoms. The molecule has 4 rings (SSSR count). The van der Waals surface area contributed by atoms with Crippen LogP contribution in [-0.2, 0) is 22.6 Å². The van der Waals surface area contributed by atoms with E-state index in [0.29, 0.717) is 19.0 Å². The topological polar surface area (TPSA) is 106 Å². The fourth-order valence-electron chi connectivity index (χ4n) is 5.91. The van der Waals surface area contributed by atoms with Gasteiger partial charge in [0.1, 0.15) is 24.4 Å². The molecule has 8 nitrogen and oxygen atoms in total. The van der Waals surface area contributed by atoms with Crippen molar-refractivity contribution < 1.29 is 14.0 Å². The first-order chi connectivity index (χ1) is 16.9. The van der Waals surface area contributed by atoms with Crippen LogP contribution in [-0.4, -0.2) is 50.7 Å². The Morgan fingerprint density at radius 3 is 2.46 bits per heavy atom. The molecular formula is C26H37FN6O2. The fraction of sp³-hybridized carbons (Fsp3) is 0.615. The van der Waals surface area contributed by atoms with Gasteiger partial charge in [0.05, 0.1) is 6.17 Å². The fourth-order valence-corrected chi connectivity index (χ4v) is 5.91. The third-order valence-corrected chi connectivity index (χ3v) is 7.82. The normalized spacial score (nSPS) is 20.3. The molecule has 1 aromatic heterocycles. The number of carbonyl (C=O) groups is 2. The van der Waals surface area contributed by atoms with Crippen LogP contribution in [0.3, 0.4) is 0 Å². The largest absolute Gasteiger partial charge is 0.342 e. The van der Waals surface area contributed by atoms with Crippen molar-refractivity contribution in [1.82, 2.24) is 25.0 Å². The van der Waals surface area contributed by atoms with Gasteiger partial charge in [0.15, 0.2) is 0 Å². The minimum absolute atomic E-state index is 0.0748. The Hall–Kier alpha value is -2.81. The number of hydrogen-bond acceptors (Lipinski definition) is 5. The number of benzene rings is 1. The summed E-state index contributed by atoms with van der Waals surface area (Å²) < 4.78 is 15.3. The Kier molecular flexibility index (Phi) is 8.15. The molecule has 1 saturated heterocycles. The Bertz CT molecular complexity index is 964. The number of nitrogens with two attached hydrogens (primary N) is 1. The monoisotopic (exact) mass is 484 g/mol. The van der Waals surface area contributed by atoms with Gasteiger partial charge in [-0.15, -0.1) is 0 Å². The van der Waals surface area contributed by atoms with E-state index in [2.05, 4.69) is 15.4 Å². The van der Waals surface area contributed by atoms with E-state index in [1.807, 2.05) is 9.58 Å². The number of halogens is 1. The Morgan fingerprint density at radius 2 is 1.86 bits per heavy atom. The smallest absolute Gasteiger partial charge is 0.235 e. The maximum atomic E-state index is 13.6. The Morgan fingerprint density at radius 1 is 1.17 bits per heavy atom. The molecule has 2 heterocycles. The zero-order chi connectivity index (χ0) is 24.8. The van der Waals surface area contributed by atoms with E-state index < -0.39 is 12.1 Å². The van der Waals surface area contributed by atoms with Crippen molar-refractivity contribution in [1.29, 1.82) is 0 Å². The third kappa shape index (κ3) is 6.25. The molecule has 1 saturated carbocycles. The molecule has 2 unspecified atom stereocenters. The third-order valence-electron chi connectivity index (χ3n) is 7.82. The minimum Gasteiger partial charge on any atom is -0.342 e. The number of piperidine rings is 1. The molecule has 2 amide bonds. The first-order valence-corrected chi connectivity index (χ1v) is 12.8. The summed E-state index contributed by atoms with van der Waals surface area (Å²) in [5.41, 5.74) is 6.60. The van der Waals surface area contributed by atoms with Gasteiger partial charge in [0.2, 0.25) is 11.8 Å². The summed E-state index contributed by atoms with van der Waals surface area (Å²) in [5, 5.41) is 7.06. The second kappa shape index (κ2) is 11.3. The highest BCUT2D eigenvalue weighted by Gasteiger charge is 2.44. The number of nitrogens with one attached hydrogen (secondary N) is 1. The molecule has 190 valence electrons. The Labute approximate surface area is 206 Å². The van der Waals surface area contributed by atoms with E-state index in [-0.39, 0.29) is 29.5 Å². The average Bonchev–Trinajstić information content (AvgIpc) is 3.36. The number of carbonyl (C=O) groups excluding carboxylic acids is 2. The molecule has 3 N–H and O–H groups in total. The lowest BCUT2D eigenvalue weighted by Gasteiger charge is -2.48. The molecule has 0 bridgehead atoms. The maximum Gasteiger partial charge on any atom is 0.235 e. The predicted octanol–water partition coefficient (Wildman–Crippen LogP) is 2.89. The van der Waals surface area contributed by atoms with Crippen molar-refractivity contribution in [2.24, 2.45) is 23.0 Å². The van der Waals surface area contributed by atoms with E-state index in [9.17, 15) is 14.0 Å². The molecule has 1 aliphatic carbocycles. The molecule has 2 fully saturated rings. The lowest BCUT2D eigenvalue weighted by molar-refractivity contribution is -0.145. The van der Waals surface area contributed by atoms with Crippen molar-refractivity contribution in [3.05, 3.63) is 48.3 Å². The van der Waals surface area contributed by atoms with E-state index in [1.165, 1.54) is 44.2 Å². The van der Waals surface area contributed by atoms with Crippen LogP contribution in [0.4, 0.5) is 4.39 Å². The molecule has 1 aliphatic heterocycles. The van der Waals surface area contributed by atoms with Gasteiger partial charge in [0.25, 0.3) is 0 Å². The van der Waals surface area contributed by atoms with Crippen LogP contribution in [0.25, 0.3) is 0 Å². The second-order valence-corrected chi connectivity index (χ2v) is 10.3. The van der Waals surface area contributed by atoms with E-state index in [0.717, 1.165) is 24.9 Å². The molecule has 9 heteroatoms. The van der Waals surface area contributed by atoms with E-state index >= 15 is 0 Å². The van der Waals surface area contributed by atoms with E-state index in [1.54, 1.807) is 31.7 Å². The van der Waals surface area contributed by atoms with Gasteiger partial charge in [0, 0.05) is 19.6 Å². The number of amides is 2. The summed E-state index contributed by atoms with van der Waals surface area (Å²) in [6.45, 7) is 3.69. The molecule has 2 atom stereocenters. The predicted molar refractivity (Wildman–Crippen MR) is 130 cm³/mol. The van der Waals surface area contributed by atoms with Gasteiger partial charge in [-0.3, -0.25) is 14.3 Å². The van der Waals surface area contributed by atoms with Crippen molar-refractivity contribution >= 4 is 11.8 Å². The lowest BCUT2D eigenvalue weighted by atomic mass is 9.63. The SMILES string of the molecule is CC(N)NC(=O)C(Cc1ccc(F)cc1)C(=O)N1CCC(Cn2cncn2)(C2CCCCC2)CC1. The molecule has 2 aromatic rings. The van der Waals surface area contributed by atoms with Gasteiger partial charge in [-0.1, -0.05) is 31.4 Å². The number of hydrogen-bond donors (Lipinski definition) is 2. The molecule has 0 radical (unpaired) electrons. The lowest BCUT2D eigenvalue weighted by Crippen LogP contribution is -2.53. The number of aromatic nitrogens is 3. The number of rotatable bonds is 8. The van der Waals surface area contributed by atoms with Crippen molar-refractivity contribution in [3.8, 4) is 0 Å². The molecule has 35 heavy (non-hydrogen) atoms. The van der Waals surface area contributed by atoms with Gasteiger partial charge >= 0.3 is 0 Å². The van der Waals surface area contributed by atoms with E-state index in [4.69, 9.17) is 5.73 Å². The zero-order valence-electron chi connectivity index (χ0n) is 20.5. The summed E-state index contributed by atoms with van der Waals surface area (Å²) >= 11 is 0. The van der Waals surface area contributed by atoms with Gasteiger partial charge in [-0.05, 0) is 68.1 Å². The summed E-state index contributed by atoms with van der Waals surface area (Å²) in [5.74, 6) is -1.22.